The number of methoxy groups -OCH3 is 1. The number of rotatable bonds is 5. The number of nitrogens with zero attached hydrogens (tertiary/aromatic N) is 2. The van der Waals surface area contributed by atoms with Gasteiger partial charge in [-0.15, -0.1) is 0 Å². The van der Waals surface area contributed by atoms with Crippen molar-refractivity contribution in [2.45, 2.75) is 6.42 Å². The fourth-order valence-corrected chi connectivity index (χ4v) is 3.23. The van der Waals surface area contributed by atoms with Crippen LogP contribution in [0.3, 0.4) is 0 Å². The Morgan fingerprint density at radius 1 is 1.17 bits per heavy atom. The molecule has 2 aromatic rings. The number of carbonyl (C=O) groups is 1. The fraction of sp³-hybridized carbons (Fsp3) is 0.421. The standard InChI is InChI=1S/C19H24N2O3/c1-24-17-6-5-15-3-2-4-16(18(15)14-17)13-19(23)21-9-7-20(8-10-21)11-12-22/h2-6,14,22H,7-13H2,1H3. The van der Waals surface area contributed by atoms with Gasteiger partial charge in [0.15, 0.2) is 0 Å². The van der Waals surface area contributed by atoms with Crippen molar-refractivity contribution in [3.05, 3.63) is 42.0 Å². The minimum atomic E-state index is 0.161. The molecule has 5 nitrogen and oxygen atoms in total. The number of carbonyl (C=O) groups excluding carboxylic acids is 1. The van der Waals surface area contributed by atoms with E-state index in [-0.39, 0.29) is 12.5 Å². The van der Waals surface area contributed by atoms with Gasteiger partial charge in [-0.05, 0) is 28.5 Å². The van der Waals surface area contributed by atoms with E-state index in [1.54, 1.807) is 7.11 Å². The maximum absolute atomic E-state index is 12.7. The molecule has 0 radical (unpaired) electrons. The molecule has 2 aromatic carbocycles. The summed E-state index contributed by atoms with van der Waals surface area (Å²) in [6.07, 6.45) is 0.407. The van der Waals surface area contributed by atoms with Crippen molar-refractivity contribution >= 4 is 16.7 Å². The van der Waals surface area contributed by atoms with Crippen LogP contribution in [-0.2, 0) is 11.2 Å². The SMILES string of the molecule is COc1ccc2cccc(CC(=O)N3CCN(CCO)CC3)c2c1. The second-order valence-corrected chi connectivity index (χ2v) is 6.13. The van der Waals surface area contributed by atoms with Gasteiger partial charge in [-0.1, -0.05) is 24.3 Å². The summed E-state index contributed by atoms with van der Waals surface area (Å²) >= 11 is 0. The highest BCUT2D eigenvalue weighted by Gasteiger charge is 2.21. The predicted octanol–water partition coefficient (Wildman–Crippen LogP) is 1.53. The van der Waals surface area contributed by atoms with Gasteiger partial charge in [-0.25, -0.2) is 0 Å². The lowest BCUT2D eigenvalue weighted by atomic mass is 10.0. The first-order chi connectivity index (χ1) is 11.7. The third-order valence-corrected chi connectivity index (χ3v) is 4.66. The zero-order chi connectivity index (χ0) is 16.9. The summed E-state index contributed by atoms with van der Waals surface area (Å²) in [4.78, 5) is 16.8. The van der Waals surface area contributed by atoms with Crippen LogP contribution >= 0.6 is 0 Å². The maximum Gasteiger partial charge on any atom is 0.227 e. The van der Waals surface area contributed by atoms with E-state index in [9.17, 15) is 4.79 Å². The lowest BCUT2D eigenvalue weighted by molar-refractivity contribution is -0.132. The first kappa shape index (κ1) is 16.7. The fourth-order valence-electron chi connectivity index (χ4n) is 3.23. The number of ether oxygens (including phenoxy) is 1. The van der Waals surface area contributed by atoms with Gasteiger partial charge in [0.1, 0.15) is 5.75 Å². The molecule has 1 saturated heterocycles. The number of aliphatic hydroxyl groups is 1. The number of fused-ring (bicyclic) bond motifs is 1. The van der Waals surface area contributed by atoms with Gasteiger partial charge >= 0.3 is 0 Å². The Kier molecular flexibility index (Phi) is 5.33. The first-order valence-electron chi connectivity index (χ1n) is 8.38. The molecule has 1 aliphatic rings. The van der Waals surface area contributed by atoms with Gasteiger partial charge in [0.05, 0.1) is 20.1 Å². The quantitative estimate of drug-likeness (QED) is 0.904. The Labute approximate surface area is 142 Å². The summed E-state index contributed by atoms with van der Waals surface area (Å²) in [5.41, 5.74) is 1.04. The number of aliphatic hydroxyl groups excluding tert-OH is 1. The molecule has 1 heterocycles. The Balaban J connectivity index is 1.72. The van der Waals surface area contributed by atoms with Crippen LogP contribution in [0.5, 0.6) is 5.75 Å². The molecular weight excluding hydrogens is 304 g/mol. The highest BCUT2D eigenvalue weighted by Crippen LogP contribution is 2.24. The molecule has 0 spiro atoms. The zero-order valence-electron chi connectivity index (χ0n) is 14.1. The number of benzene rings is 2. The molecule has 0 atom stereocenters. The summed E-state index contributed by atoms with van der Waals surface area (Å²) in [5.74, 6) is 0.967. The minimum Gasteiger partial charge on any atom is -0.497 e. The third kappa shape index (κ3) is 3.68. The molecule has 0 aromatic heterocycles. The summed E-state index contributed by atoms with van der Waals surface area (Å²) in [5, 5.41) is 11.2. The van der Waals surface area contributed by atoms with Crippen LogP contribution < -0.4 is 4.74 Å². The van der Waals surface area contributed by atoms with Crippen molar-refractivity contribution in [1.29, 1.82) is 0 Å². The molecule has 1 N–H and O–H groups in total. The average molecular weight is 328 g/mol. The summed E-state index contributed by atoms with van der Waals surface area (Å²) in [6.45, 7) is 3.97. The number of amides is 1. The molecular formula is C19H24N2O3. The minimum absolute atomic E-state index is 0.161. The molecule has 0 saturated carbocycles. The van der Waals surface area contributed by atoms with Crippen molar-refractivity contribution in [2.24, 2.45) is 0 Å². The van der Waals surface area contributed by atoms with Crippen LogP contribution in [0.4, 0.5) is 0 Å². The average Bonchev–Trinajstić information content (AvgIpc) is 2.62. The highest BCUT2D eigenvalue weighted by atomic mass is 16.5. The molecule has 0 bridgehead atoms. The molecule has 0 aliphatic carbocycles. The molecule has 1 amide bonds. The van der Waals surface area contributed by atoms with Crippen LogP contribution in [0.25, 0.3) is 10.8 Å². The van der Waals surface area contributed by atoms with Crippen molar-refractivity contribution in [2.75, 3.05) is 46.4 Å². The van der Waals surface area contributed by atoms with E-state index in [1.165, 1.54) is 0 Å². The van der Waals surface area contributed by atoms with E-state index in [0.29, 0.717) is 13.0 Å². The molecule has 1 aliphatic heterocycles. The number of piperazine rings is 1. The van der Waals surface area contributed by atoms with Crippen LogP contribution in [0.15, 0.2) is 36.4 Å². The normalized spacial score (nSPS) is 15.7. The number of β-amino-alcohol motifs (C(OH)–C–C–N with tert-alkyl or cyclic N) is 1. The van der Waals surface area contributed by atoms with Gasteiger partial charge in [-0.3, -0.25) is 9.69 Å². The van der Waals surface area contributed by atoms with Gasteiger partial charge in [0, 0.05) is 32.7 Å². The lowest BCUT2D eigenvalue weighted by Crippen LogP contribution is -2.49. The topological polar surface area (TPSA) is 53.0 Å². The van der Waals surface area contributed by atoms with Crippen molar-refractivity contribution in [1.82, 2.24) is 9.80 Å². The summed E-state index contributed by atoms with van der Waals surface area (Å²) in [7, 11) is 1.65. The second-order valence-electron chi connectivity index (χ2n) is 6.13. The second kappa shape index (κ2) is 7.64. The summed E-state index contributed by atoms with van der Waals surface area (Å²) < 4.78 is 5.31. The molecule has 128 valence electrons. The predicted molar refractivity (Wildman–Crippen MR) is 94.3 cm³/mol. The zero-order valence-corrected chi connectivity index (χ0v) is 14.1. The summed E-state index contributed by atoms with van der Waals surface area (Å²) in [6, 6.07) is 12.0. The molecule has 3 rings (SSSR count). The number of hydrogen-bond acceptors (Lipinski definition) is 4. The smallest absolute Gasteiger partial charge is 0.227 e. The van der Waals surface area contributed by atoms with Crippen LogP contribution in [-0.4, -0.2) is 67.3 Å². The Hall–Kier alpha value is -2.11. The monoisotopic (exact) mass is 328 g/mol. The Bertz CT molecular complexity index is 709. The van der Waals surface area contributed by atoms with Gasteiger partial charge < -0.3 is 14.7 Å². The maximum atomic E-state index is 12.7. The highest BCUT2D eigenvalue weighted by molar-refractivity contribution is 5.91. The Morgan fingerprint density at radius 3 is 2.67 bits per heavy atom. The van der Waals surface area contributed by atoms with Crippen LogP contribution in [0.2, 0.25) is 0 Å². The van der Waals surface area contributed by atoms with E-state index < -0.39 is 0 Å². The van der Waals surface area contributed by atoms with E-state index in [1.807, 2.05) is 35.2 Å². The third-order valence-electron chi connectivity index (χ3n) is 4.66. The van der Waals surface area contributed by atoms with E-state index in [0.717, 1.165) is 48.3 Å². The van der Waals surface area contributed by atoms with Crippen molar-refractivity contribution < 1.29 is 14.6 Å². The molecule has 0 unspecified atom stereocenters. The Morgan fingerprint density at radius 2 is 1.96 bits per heavy atom. The lowest BCUT2D eigenvalue weighted by Gasteiger charge is -2.34. The van der Waals surface area contributed by atoms with E-state index in [4.69, 9.17) is 9.84 Å². The molecule has 24 heavy (non-hydrogen) atoms. The van der Waals surface area contributed by atoms with Gasteiger partial charge in [0.25, 0.3) is 0 Å². The van der Waals surface area contributed by atoms with Crippen LogP contribution in [0.1, 0.15) is 5.56 Å². The molecule has 5 heteroatoms. The molecule has 1 fully saturated rings. The van der Waals surface area contributed by atoms with Crippen molar-refractivity contribution in [3.8, 4) is 5.75 Å². The number of hydrogen-bond donors (Lipinski definition) is 1. The first-order valence-corrected chi connectivity index (χ1v) is 8.38. The van der Waals surface area contributed by atoms with E-state index in [2.05, 4.69) is 11.0 Å². The van der Waals surface area contributed by atoms with E-state index >= 15 is 0 Å². The largest absolute Gasteiger partial charge is 0.497 e. The van der Waals surface area contributed by atoms with Crippen LogP contribution in [0, 0.1) is 0 Å². The van der Waals surface area contributed by atoms with Crippen molar-refractivity contribution in [3.63, 3.8) is 0 Å². The van der Waals surface area contributed by atoms with Gasteiger partial charge in [-0.2, -0.15) is 0 Å². The van der Waals surface area contributed by atoms with Gasteiger partial charge in [0.2, 0.25) is 5.91 Å².